The van der Waals surface area contributed by atoms with Gasteiger partial charge in [0.25, 0.3) is 15.9 Å². The number of primary sulfonamides is 1. The van der Waals surface area contributed by atoms with E-state index in [9.17, 15) is 26.4 Å². The smallest absolute Gasteiger partial charge is 0.338 e. The van der Waals surface area contributed by atoms with Crippen LogP contribution in [0.25, 0.3) is 0 Å². The average Bonchev–Trinajstić information content (AvgIpc) is 2.86. The van der Waals surface area contributed by atoms with Crippen LogP contribution in [0.1, 0.15) is 22.3 Å². The number of para-hydroxylation sites is 1. The topological polar surface area (TPSA) is 153 Å². The number of hydrogen-bond acceptors (Lipinski definition) is 7. The summed E-state index contributed by atoms with van der Waals surface area (Å²) in [6.45, 7) is -0.307. The van der Waals surface area contributed by atoms with Gasteiger partial charge in [-0.25, -0.2) is 26.8 Å². The second-order valence-electron chi connectivity index (χ2n) is 8.03. The van der Waals surface area contributed by atoms with E-state index in [2.05, 4.69) is 5.32 Å². The molecule has 3 N–H and O–H groups in total. The number of amides is 1. The van der Waals surface area contributed by atoms with E-state index in [1.165, 1.54) is 52.8 Å². The van der Waals surface area contributed by atoms with Gasteiger partial charge < -0.3 is 10.1 Å². The Balaban J connectivity index is 1.42. The Labute approximate surface area is 208 Å². The van der Waals surface area contributed by atoms with Gasteiger partial charge in [-0.05, 0) is 66.9 Å². The Kier molecular flexibility index (Phi) is 7.11. The van der Waals surface area contributed by atoms with Crippen molar-refractivity contribution in [3.05, 3.63) is 83.9 Å². The Morgan fingerprint density at radius 3 is 2.36 bits per heavy atom. The van der Waals surface area contributed by atoms with Crippen LogP contribution in [0, 0.1) is 0 Å². The molecule has 0 saturated heterocycles. The summed E-state index contributed by atoms with van der Waals surface area (Å²) < 4.78 is 55.7. The van der Waals surface area contributed by atoms with Gasteiger partial charge >= 0.3 is 5.97 Å². The van der Waals surface area contributed by atoms with E-state index in [1.54, 1.807) is 12.1 Å². The lowest BCUT2D eigenvalue weighted by atomic mass is 10.0. The highest BCUT2D eigenvalue weighted by molar-refractivity contribution is 7.92. The minimum atomic E-state index is -3.92. The molecule has 0 saturated carbocycles. The molecule has 1 aliphatic heterocycles. The van der Waals surface area contributed by atoms with Gasteiger partial charge in [0, 0.05) is 12.2 Å². The minimum Gasteiger partial charge on any atom is -0.452 e. The lowest BCUT2D eigenvalue weighted by molar-refractivity contribution is -0.119. The largest absolute Gasteiger partial charge is 0.452 e. The lowest BCUT2D eigenvalue weighted by Gasteiger charge is -2.30. The second-order valence-corrected chi connectivity index (χ2v) is 11.5. The molecular weight excluding hydrogens is 506 g/mol. The number of esters is 1. The number of carbonyl (C=O) groups excluding carboxylic acids is 2. The van der Waals surface area contributed by atoms with E-state index in [-0.39, 0.29) is 21.0 Å². The van der Waals surface area contributed by atoms with E-state index < -0.39 is 38.5 Å². The molecule has 0 aromatic heterocycles. The van der Waals surface area contributed by atoms with Crippen LogP contribution < -0.4 is 14.8 Å². The minimum absolute atomic E-state index is 0.0216. The number of hydrogen-bond donors (Lipinski definition) is 2. The van der Waals surface area contributed by atoms with Crippen LogP contribution in [0.15, 0.2) is 82.6 Å². The molecule has 0 aliphatic carbocycles. The van der Waals surface area contributed by atoms with Crippen molar-refractivity contribution in [1.82, 2.24) is 0 Å². The van der Waals surface area contributed by atoms with Crippen LogP contribution in [0.3, 0.4) is 0 Å². The molecule has 0 radical (unpaired) electrons. The number of carbonyl (C=O) groups is 2. The van der Waals surface area contributed by atoms with Gasteiger partial charge in [0.05, 0.1) is 21.0 Å². The highest BCUT2D eigenvalue weighted by atomic mass is 32.2. The highest BCUT2D eigenvalue weighted by Gasteiger charge is 2.29. The fraction of sp³-hybridized carbons (Fsp3) is 0.167. The van der Waals surface area contributed by atoms with Crippen molar-refractivity contribution < 1.29 is 31.2 Å². The van der Waals surface area contributed by atoms with Crippen molar-refractivity contribution in [3.8, 4) is 0 Å². The maximum absolute atomic E-state index is 13.3. The number of anilines is 2. The summed E-state index contributed by atoms with van der Waals surface area (Å²) in [6, 6.07) is 17.9. The predicted octanol–water partition coefficient (Wildman–Crippen LogP) is 2.27. The zero-order chi connectivity index (χ0) is 25.9. The highest BCUT2D eigenvalue weighted by Crippen LogP contribution is 2.32. The summed E-state index contributed by atoms with van der Waals surface area (Å²) in [7, 11) is -7.79. The molecule has 12 heteroatoms. The number of nitrogens with two attached hydrogens (primary N) is 1. The van der Waals surface area contributed by atoms with E-state index in [4.69, 9.17) is 9.88 Å². The van der Waals surface area contributed by atoms with Crippen molar-refractivity contribution in [2.75, 3.05) is 22.8 Å². The average molecular weight is 530 g/mol. The zero-order valence-corrected chi connectivity index (χ0v) is 20.6. The van der Waals surface area contributed by atoms with Crippen LogP contribution >= 0.6 is 0 Å². The van der Waals surface area contributed by atoms with Gasteiger partial charge in [0.15, 0.2) is 6.61 Å². The van der Waals surface area contributed by atoms with E-state index in [1.807, 2.05) is 12.1 Å². The van der Waals surface area contributed by atoms with E-state index in [0.717, 1.165) is 12.0 Å². The second kappa shape index (κ2) is 10.1. The Morgan fingerprint density at radius 2 is 1.64 bits per heavy atom. The summed E-state index contributed by atoms with van der Waals surface area (Å²) in [4.78, 5) is 24.5. The summed E-state index contributed by atoms with van der Waals surface area (Å²) in [5, 5.41) is 7.49. The third-order valence-corrected chi connectivity index (χ3v) is 8.26. The molecule has 1 amide bonds. The third-order valence-electron chi connectivity index (χ3n) is 5.53. The van der Waals surface area contributed by atoms with Crippen molar-refractivity contribution >= 4 is 43.3 Å². The molecule has 3 aromatic carbocycles. The molecule has 10 nitrogen and oxygen atoms in total. The predicted molar refractivity (Wildman–Crippen MR) is 132 cm³/mol. The first-order chi connectivity index (χ1) is 17.1. The Hall–Kier alpha value is -3.74. The van der Waals surface area contributed by atoms with Crippen molar-refractivity contribution in [2.24, 2.45) is 5.14 Å². The van der Waals surface area contributed by atoms with Gasteiger partial charge in [-0.1, -0.05) is 24.3 Å². The number of ether oxygens (including phenoxy) is 1. The first kappa shape index (κ1) is 25.4. The van der Waals surface area contributed by atoms with Crippen molar-refractivity contribution in [1.29, 1.82) is 0 Å². The number of aryl methyl sites for hydroxylation is 1. The molecule has 0 fully saturated rings. The monoisotopic (exact) mass is 529 g/mol. The number of nitrogens with zero attached hydrogens (tertiary/aromatic N) is 1. The fourth-order valence-electron chi connectivity index (χ4n) is 3.80. The zero-order valence-electron chi connectivity index (χ0n) is 19.0. The lowest BCUT2D eigenvalue weighted by Crippen LogP contribution is -2.35. The number of sulfonamides is 2. The van der Waals surface area contributed by atoms with Crippen molar-refractivity contribution in [3.63, 3.8) is 0 Å². The summed E-state index contributed by atoms with van der Waals surface area (Å²) in [6.07, 6.45) is 1.46. The third kappa shape index (κ3) is 5.56. The molecule has 0 spiro atoms. The summed E-state index contributed by atoms with van der Waals surface area (Å²) >= 11 is 0. The Morgan fingerprint density at radius 1 is 0.917 bits per heavy atom. The van der Waals surface area contributed by atoms with Crippen LogP contribution in [0.2, 0.25) is 0 Å². The molecule has 3 aromatic rings. The quantitative estimate of drug-likeness (QED) is 0.445. The molecule has 1 aliphatic rings. The van der Waals surface area contributed by atoms with Crippen LogP contribution in [0.5, 0.6) is 0 Å². The molecule has 0 atom stereocenters. The maximum atomic E-state index is 13.3. The fourth-order valence-corrected chi connectivity index (χ4v) is 5.90. The van der Waals surface area contributed by atoms with Gasteiger partial charge in [-0.3, -0.25) is 9.10 Å². The maximum Gasteiger partial charge on any atom is 0.338 e. The molecule has 0 bridgehead atoms. The van der Waals surface area contributed by atoms with Gasteiger partial charge in [-0.2, -0.15) is 0 Å². The number of benzene rings is 3. The van der Waals surface area contributed by atoms with Gasteiger partial charge in [0.1, 0.15) is 0 Å². The molecule has 4 rings (SSSR count). The van der Waals surface area contributed by atoms with Gasteiger partial charge in [-0.15, -0.1) is 0 Å². The number of nitrogens with one attached hydrogen (secondary N) is 1. The molecule has 188 valence electrons. The van der Waals surface area contributed by atoms with Crippen LogP contribution in [-0.2, 0) is 36.0 Å². The van der Waals surface area contributed by atoms with Crippen molar-refractivity contribution in [2.45, 2.75) is 22.6 Å². The summed E-state index contributed by atoms with van der Waals surface area (Å²) in [5.74, 6) is -1.54. The Bertz CT molecular complexity index is 1520. The van der Waals surface area contributed by atoms with Gasteiger partial charge in [0.2, 0.25) is 10.0 Å². The standard InChI is InChI=1S/C24H23N3O7S2/c25-35(30,31)20-12-10-19(11-13-20)26-23(28)16-34-24(29)18-6-3-8-21(15-18)36(32,33)27-14-4-7-17-5-1-2-9-22(17)27/h1-3,5-6,8-13,15H,4,7,14,16H2,(H,26,28)(H2,25,30,31). The van der Waals surface area contributed by atoms with E-state index in [0.29, 0.717) is 18.7 Å². The first-order valence-electron chi connectivity index (χ1n) is 10.9. The molecular formula is C24H23N3O7S2. The molecule has 36 heavy (non-hydrogen) atoms. The molecule has 0 unspecified atom stereocenters. The van der Waals surface area contributed by atoms with Crippen LogP contribution in [0.4, 0.5) is 11.4 Å². The number of rotatable bonds is 7. The van der Waals surface area contributed by atoms with E-state index >= 15 is 0 Å². The van der Waals surface area contributed by atoms with Crippen LogP contribution in [-0.4, -0.2) is 41.9 Å². The normalized spacial score (nSPS) is 13.5. The first-order valence-corrected chi connectivity index (χ1v) is 13.8. The SMILES string of the molecule is NS(=O)(=O)c1ccc(NC(=O)COC(=O)c2cccc(S(=O)(=O)N3CCCc4ccccc43)c2)cc1. The summed E-state index contributed by atoms with van der Waals surface area (Å²) in [5.41, 5.74) is 1.81. The number of fused-ring (bicyclic) bond motifs is 1. The molecule has 1 heterocycles.